The van der Waals surface area contributed by atoms with E-state index in [4.69, 9.17) is 15.7 Å². The van der Waals surface area contributed by atoms with Gasteiger partial charge in [0.15, 0.2) is 5.84 Å². The molecule has 3 N–H and O–H groups in total. The monoisotopic (exact) mass is 275 g/mol. The highest BCUT2D eigenvalue weighted by Gasteiger charge is 2.23. The summed E-state index contributed by atoms with van der Waals surface area (Å²) in [6, 6.07) is 7.85. The highest BCUT2D eigenvalue weighted by Crippen LogP contribution is 2.35. The topological polar surface area (TPSA) is 80.7 Å². The summed E-state index contributed by atoms with van der Waals surface area (Å²) in [6.07, 6.45) is 1.65. The molecule has 2 aromatic rings. The van der Waals surface area contributed by atoms with Crippen molar-refractivity contribution < 1.29 is 9.94 Å². The molecule has 0 aliphatic carbocycles. The number of pyridine rings is 1. The predicted octanol–water partition coefficient (Wildman–Crippen LogP) is 1.82. The summed E-state index contributed by atoms with van der Waals surface area (Å²) in [5.74, 6) is 0.0843. The largest absolute Gasteiger partial charge is 0.409 e. The molecule has 19 heavy (non-hydrogen) atoms. The normalized spacial score (nSPS) is 16.5. The van der Waals surface area contributed by atoms with Crippen LogP contribution < -0.4 is 5.73 Å². The van der Waals surface area contributed by atoms with E-state index >= 15 is 0 Å². The van der Waals surface area contributed by atoms with E-state index in [1.54, 1.807) is 18.0 Å². The third-order valence-corrected chi connectivity index (χ3v) is 4.28. The van der Waals surface area contributed by atoms with Gasteiger partial charge in [0.1, 0.15) is 0 Å². The van der Waals surface area contributed by atoms with Gasteiger partial charge in [-0.25, -0.2) is 0 Å². The molecule has 6 heteroatoms. The van der Waals surface area contributed by atoms with Crippen molar-refractivity contribution in [3.8, 4) is 0 Å². The van der Waals surface area contributed by atoms with Crippen molar-refractivity contribution in [2.24, 2.45) is 10.9 Å². The first-order chi connectivity index (χ1) is 9.29. The van der Waals surface area contributed by atoms with Crippen LogP contribution in [0.3, 0.4) is 0 Å². The molecule has 1 fully saturated rings. The fourth-order valence-electron chi connectivity index (χ4n) is 1.93. The maximum atomic E-state index is 8.89. The number of aromatic nitrogens is 1. The van der Waals surface area contributed by atoms with Gasteiger partial charge in [-0.3, -0.25) is 4.98 Å². The van der Waals surface area contributed by atoms with Crippen molar-refractivity contribution in [2.75, 3.05) is 13.2 Å². The Labute approximate surface area is 114 Å². The number of ether oxygens (including phenoxy) is 1. The van der Waals surface area contributed by atoms with Gasteiger partial charge >= 0.3 is 0 Å². The van der Waals surface area contributed by atoms with E-state index < -0.39 is 0 Å². The quantitative estimate of drug-likeness (QED) is 0.386. The van der Waals surface area contributed by atoms with E-state index in [1.165, 1.54) is 0 Å². The van der Waals surface area contributed by atoms with Gasteiger partial charge in [0.25, 0.3) is 0 Å². The first kappa shape index (κ1) is 12.3. The van der Waals surface area contributed by atoms with Crippen LogP contribution in [0.25, 0.3) is 10.9 Å². The van der Waals surface area contributed by atoms with Gasteiger partial charge < -0.3 is 15.7 Å². The van der Waals surface area contributed by atoms with Gasteiger partial charge in [-0.05, 0) is 6.07 Å². The highest BCUT2D eigenvalue weighted by molar-refractivity contribution is 8.00. The molecule has 0 radical (unpaired) electrons. The summed E-state index contributed by atoms with van der Waals surface area (Å²) < 4.78 is 5.20. The van der Waals surface area contributed by atoms with Crippen molar-refractivity contribution in [1.29, 1.82) is 0 Å². The van der Waals surface area contributed by atoms with E-state index in [2.05, 4.69) is 10.1 Å². The molecule has 5 nitrogen and oxygen atoms in total. The van der Waals surface area contributed by atoms with Gasteiger partial charge in [0.2, 0.25) is 0 Å². The average molecular weight is 275 g/mol. The zero-order valence-electron chi connectivity index (χ0n) is 10.1. The van der Waals surface area contributed by atoms with Gasteiger partial charge in [0, 0.05) is 16.5 Å². The third-order valence-electron chi connectivity index (χ3n) is 3.00. The van der Waals surface area contributed by atoms with Crippen molar-refractivity contribution in [1.82, 2.24) is 4.98 Å². The SMILES string of the molecule is NC(=NO)c1cnc2ccccc2c1SC1COC1. The molecule has 1 aromatic heterocycles. The maximum absolute atomic E-state index is 8.89. The van der Waals surface area contributed by atoms with Crippen molar-refractivity contribution in [3.05, 3.63) is 36.0 Å². The average Bonchev–Trinajstić information content (AvgIpc) is 2.41. The lowest BCUT2D eigenvalue weighted by molar-refractivity contribution is 0.0455. The second kappa shape index (κ2) is 5.07. The molecular formula is C13H13N3O2S. The molecule has 0 amide bonds. The minimum absolute atomic E-state index is 0.0843. The zero-order chi connectivity index (χ0) is 13.2. The lowest BCUT2D eigenvalue weighted by Crippen LogP contribution is -2.30. The second-order valence-corrected chi connectivity index (χ2v) is 5.59. The van der Waals surface area contributed by atoms with Crippen molar-refractivity contribution >= 4 is 28.5 Å². The number of thioether (sulfide) groups is 1. The number of hydrogen-bond acceptors (Lipinski definition) is 5. The summed E-state index contributed by atoms with van der Waals surface area (Å²) in [6.45, 7) is 1.47. The fourth-order valence-corrected chi connectivity index (χ4v) is 3.17. The van der Waals surface area contributed by atoms with Crippen molar-refractivity contribution in [2.45, 2.75) is 10.1 Å². The minimum atomic E-state index is 0.0843. The minimum Gasteiger partial charge on any atom is -0.409 e. The molecule has 1 saturated heterocycles. The summed E-state index contributed by atoms with van der Waals surface area (Å²) in [7, 11) is 0. The van der Waals surface area contributed by atoms with E-state index in [1.807, 2.05) is 24.3 Å². The number of benzene rings is 1. The lowest BCUT2D eigenvalue weighted by atomic mass is 10.1. The second-order valence-electron chi connectivity index (χ2n) is 4.28. The number of nitrogens with zero attached hydrogens (tertiary/aromatic N) is 2. The van der Waals surface area contributed by atoms with Gasteiger partial charge in [-0.15, -0.1) is 11.8 Å². The first-order valence-electron chi connectivity index (χ1n) is 5.89. The smallest absolute Gasteiger partial charge is 0.172 e. The van der Waals surface area contributed by atoms with E-state index in [-0.39, 0.29) is 5.84 Å². The Morgan fingerprint density at radius 3 is 2.89 bits per heavy atom. The molecule has 0 unspecified atom stereocenters. The number of fused-ring (bicyclic) bond motifs is 1. The number of rotatable bonds is 3. The molecule has 3 rings (SSSR count). The molecule has 1 aliphatic rings. The third kappa shape index (κ3) is 2.24. The Balaban J connectivity index is 2.15. The summed E-state index contributed by atoms with van der Waals surface area (Å²) in [5.41, 5.74) is 7.30. The van der Waals surface area contributed by atoms with Crippen LogP contribution in [0.1, 0.15) is 5.56 Å². The summed E-state index contributed by atoms with van der Waals surface area (Å²) in [4.78, 5) is 5.34. The van der Waals surface area contributed by atoms with Crippen LogP contribution in [0.5, 0.6) is 0 Å². The van der Waals surface area contributed by atoms with E-state index in [9.17, 15) is 0 Å². The molecule has 98 valence electrons. The molecule has 1 aromatic carbocycles. The number of hydrogen-bond donors (Lipinski definition) is 2. The Hall–Kier alpha value is -1.79. The molecular weight excluding hydrogens is 262 g/mol. The van der Waals surface area contributed by atoms with Crippen LogP contribution in [-0.2, 0) is 4.74 Å². The summed E-state index contributed by atoms with van der Waals surface area (Å²) >= 11 is 1.69. The first-order valence-corrected chi connectivity index (χ1v) is 6.77. The highest BCUT2D eigenvalue weighted by atomic mass is 32.2. The Bertz CT molecular complexity index is 641. The number of nitrogens with two attached hydrogens (primary N) is 1. The number of amidine groups is 1. The molecule has 0 bridgehead atoms. The van der Waals surface area contributed by atoms with Crippen LogP contribution in [0, 0.1) is 0 Å². The Morgan fingerprint density at radius 1 is 1.42 bits per heavy atom. The molecule has 0 atom stereocenters. The fraction of sp³-hybridized carbons (Fsp3) is 0.231. The van der Waals surface area contributed by atoms with Crippen LogP contribution in [0.2, 0.25) is 0 Å². The van der Waals surface area contributed by atoms with Gasteiger partial charge in [-0.1, -0.05) is 23.4 Å². The molecule has 0 saturated carbocycles. The molecule has 1 aliphatic heterocycles. The standard InChI is InChI=1S/C13H13N3O2S/c14-13(16-17)10-5-15-11-4-2-1-3-9(11)12(10)19-8-6-18-7-8/h1-5,8,17H,6-7H2,(H2,14,16). The van der Waals surface area contributed by atoms with Crippen LogP contribution >= 0.6 is 11.8 Å². The summed E-state index contributed by atoms with van der Waals surface area (Å²) in [5, 5.41) is 13.4. The number of para-hydroxylation sites is 1. The lowest BCUT2D eigenvalue weighted by Gasteiger charge is -2.26. The number of oxime groups is 1. The Kier molecular flexibility index (Phi) is 3.27. The van der Waals surface area contributed by atoms with Gasteiger partial charge in [0.05, 0.1) is 29.5 Å². The van der Waals surface area contributed by atoms with Crippen molar-refractivity contribution in [3.63, 3.8) is 0 Å². The van der Waals surface area contributed by atoms with Crippen LogP contribution in [0.15, 0.2) is 40.5 Å². The Morgan fingerprint density at radius 2 is 2.21 bits per heavy atom. The molecule has 0 spiro atoms. The van der Waals surface area contributed by atoms with E-state index in [0.29, 0.717) is 10.8 Å². The van der Waals surface area contributed by atoms with Crippen LogP contribution in [-0.4, -0.2) is 34.5 Å². The van der Waals surface area contributed by atoms with E-state index in [0.717, 1.165) is 29.0 Å². The zero-order valence-corrected chi connectivity index (χ0v) is 10.9. The van der Waals surface area contributed by atoms with Gasteiger partial charge in [-0.2, -0.15) is 0 Å². The molecule has 2 heterocycles. The predicted molar refractivity (Wildman–Crippen MR) is 74.7 cm³/mol. The maximum Gasteiger partial charge on any atom is 0.172 e. The van der Waals surface area contributed by atoms with Crippen LogP contribution in [0.4, 0.5) is 0 Å².